The van der Waals surface area contributed by atoms with Crippen LogP contribution in [0.15, 0.2) is 4.99 Å². The van der Waals surface area contributed by atoms with Crippen LogP contribution in [0.4, 0.5) is 0 Å². The third kappa shape index (κ3) is 2.81. The lowest BCUT2D eigenvalue weighted by Crippen LogP contribution is -2.37. The molecule has 2 saturated carbocycles. The lowest BCUT2D eigenvalue weighted by atomic mass is 9.84. The molecule has 0 aromatic rings. The van der Waals surface area contributed by atoms with Gasteiger partial charge < -0.3 is 5.32 Å². The van der Waals surface area contributed by atoms with E-state index in [-0.39, 0.29) is 0 Å². The van der Waals surface area contributed by atoms with Gasteiger partial charge in [-0.3, -0.25) is 4.99 Å². The van der Waals surface area contributed by atoms with Gasteiger partial charge >= 0.3 is 0 Å². The van der Waals surface area contributed by atoms with Gasteiger partial charge in [0.05, 0.1) is 0 Å². The normalized spacial score (nSPS) is 36.3. The zero-order chi connectivity index (χ0) is 13.3. The summed E-state index contributed by atoms with van der Waals surface area (Å²) in [4.78, 5) is 4.82. The first-order valence-electron chi connectivity index (χ1n) is 8.16. The van der Waals surface area contributed by atoms with Gasteiger partial charge in [0.1, 0.15) is 0 Å². The van der Waals surface area contributed by atoms with Crippen molar-refractivity contribution in [1.29, 1.82) is 0 Å². The average Bonchev–Trinajstić information content (AvgIpc) is 3.08. The third-order valence-corrected chi connectivity index (χ3v) is 7.28. The Labute approximate surface area is 122 Å². The molecule has 108 valence electrons. The molecule has 1 N–H and O–H groups in total. The van der Waals surface area contributed by atoms with E-state index in [0.29, 0.717) is 5.41 Å². The number of nitrogens with one attached hydrogen (secondary N) is 1. The van der Waals surface area contributed by atoms with Crippen LogP contribution in [-0.2, 0) is 0 Å². The number of hydrogen-bond donors (Lipinski definition) is 1. The standard InChI is InChI=1S/C16H28N2S/c1-3-16(4-2)10-18-15(19-11-16)17-9-14-8-12-5-6-13(14)7-12/h12-14H,3-11H2,1-2H3,(H,17,18). The Morgan fingerprint density at radius 3 is 2.63 bits per heavy atom. The summed E-state index contributed by atoms with van der Waals surface area (Å²) in [5.74, 6) is 4.27. The van der Waals surface area contributed by atoms with Gasteiger partial charge in [-0.05, 0) is 55.3 Å². The Kier molecular flexibility index (Phi) is 4.11. The third-order valence-electron chi connectivity index (χ3n) is 5.97. The largest absolute Gasteiger partial charge is 0.365 e. The zero-order valence-electron chi connectivity index (χ0n) is 12.5. The Balaban J connectivity index is 1.48. The van der Waals surface area contributed by atoms with Crippen LogP contribution in [0.2, 0.25) is 0 Å². The van der Waals surface area contributed by atoms with E-state index >= 15 is 0 Å². The van der Waals surface area contributed by atoms with Crippen molar-refractivity contribution >= 4 is 16.9 Å². The van der Waals surface area contributed by atoms with Gasteiger partial charge in [-0.25, -0.2) is 0 Å². The molecule has 1 heterocycles. The molecule has 3 heteroatoms. The Morgan fingerprint density at radius 2 is 2.11 bits per heavy atom. The van der Waals surface area contributed by atoms with Crippen molar-refractivity contribution in [3.8, 4) is 0 Å². The van der Waals surface area contributed by atoms with Gasteiger partial charge in [0.2, 0.25) is 0 Å². The molecule has 0 aromatic heterocycles. The van der Waals surface area contributed by atoms with Crippen molar-refractivity contribution in [3.05, 3.63) is 0 Å². The van der Waals surface area contributed by atoms with Crippen LogP contribution in [0.25, 0.3) is 0 Å². The van der Waals surface area contributed by atoms with Crippen molar-refractivity contribution < 1.29 is 0 Å². The molecular weight excluding hydrogens is 252 g/mol. The molecule has 2 nitrogen and oxygen atoms in total. The van der Waals surface area contributed by atoms with E-state index in [9.17, 15) is 0 Å². The molecule has 0 saturated heterocycles. The molecule has 1 aliphatic heterocycles. The van der Waals surface area contributed by atoms with Crippen molar-refractivity contribution in [2.24, 2.45) is 28.2 Å². The summed E-state index contributed by atoms with van der Waals surface area (Å²) in [6.07, 6.45) is 8.52. The molecule has 0 amide bonds. The smallest absolute Gasteiger partial charge is 0.156 e. The number of aliphatic imine (C=N–C) groups is 1. The lowest BCUT2D eigenvalue weighted by Gasteiger charge is -2.34. The molecular formula is C16H28N2S. The number of nitrogens with zero attached hydrogens (tertiary/aromatic N) is 1. The Morgan fingerprint density at radius 1 is 1.26 bits per heavy atom. The summed E-state index contributed by atoms with van der Waals surface area (Å²) in [6, 6.07) is 0. The van der Waals surface area contributed by atoms with Crippen LogP contribution in [0.1, 0.15) is 52.4 Å². The van der Waals surface area contributed by atoms with Crippen LogP contribution in [0.3, 0.4) is 0 Å². The van der Waals surface area contributed by atoms with E-state index in [2.05, 4.69) is 19.2 Å². The van der Waals surface area contributed by atoms with E-state index in [0.717, 1.165) is 24.3 Å². The fourth-order valence-corrected chi connectivity index (χ4v) is 5.47. The topological polar surface area (TPSA) is 24.4 Å². The molecule has 19 heavy (non-hydrogen) atoms. The Hall–Kier alpha value is -0.180. The Bertz CT molecular complexity index is 349. The number of hydrogen-bond acceptors (Lipinski definition) is 3. The van der Waals surface area contributed by atoms with Crippen molar-refractivity contribution in [2.45, 2.75) is 52.4 Å². The highest BCUT2D eigenvalue weighted by Crippen LogP contribution is 2.48. The number of fused-ring (bicyclic) bond motifs is 2. The van der Waals surface area contributed by atoms with Crippen LogP contribution in [0, 0.1) is 23.2 Å². The predicted molar refractivity (Wildman–Crippen MR) is 84.7 cm³/mol. The lowest BCUT2D eigenvalue weighted by molar-refractivity contribution is 0.316. The van der Waals surface area contributed by atoms with E-state index < -0.39 is 0 Å². The van der Waals surface area contributed by atoms with Crippen molar-refractivity contribution in [1.82, 2.24) is 5.32 Å². The van der Waals surface area contributed by atoms with Crippen molar-refractivity contribution in [2.75, 3.05) is 18.8 Å². The fourth-order valence-electron chi connectivity index (χ4n) is 4.18. The van der Waals surface area contributed by atoms with Gasteiger partial charge in [-0.1, -0.05) is 32.0 Å². The number of amidine groups is 1. The highest BCUT2D eigenvalue weighted by Gasteiger charge is 2.39. The van der Waals surface area contributed by atoms with Gasteiger partial charge in [0.25, 0.3) is 0 Å². The van der Waals surface area contributed by atoms with Crippen LogP contribution >= 0.6 is 11.8 Å². The van der Waals surface area contributed by atoms with Gasteiger partial charge in [0.15, 0.2) is 5.17 Å². The predicted octanol–water partition coefficient (Wildman–Crippen LogP) is 3.92. The summed E-state index contributed by atoms with van der Waals surface area (Å²) in [7, 11) is 0. The van der Waals surface area contributed by atoms with Crippen LogP contribution < -0.4 is 5.32 Å². The highest BCUT2D eigenvalue weighted by molar-refractivity contribution is 8.13. The van der Waals surface area contributed by atoms with Gasteiger partial charge in [-0.15, -0.1) is 0 Å². The minimum atomic E-state index is 0.474. The number of thioether (sulfide) groups is 1. The first-order valence-corrected chi connectivity index (χ1v) is 9.14. The average molecular weight is 280 g/mol. The quantitative estimate of drug-likeness (QED) is 0.844. The summed E-state index contributed by atoms with van der Waals surface area (Å²) in [6.45, 7) is 6.84. The molecule has 3 rings (SSSR count). The van der Waals surface area contributed by atoms with E-state index in [1.54, 1.807) is 0 Å². The van der Waals surface area contributed by atoms with Crippen molar-refractivity contribution in [3.63, 3.8) is 0 Å². The molecule has 3 aliphatic rings. The van der Waals surface area contributed by atoms with E-state index in [1.165, 1.54) is 56.0 Å². The summed E-state index contributed by atoms with van der Waals surface area (Å²) in [5, 5.41) is 4.87. The maximum absolute atomic E-state index is 4.82. The minimum absolute atomic E-state index is 0.474. The summed E-state index contributed by atoms with van der Waals surface area (Å²) in [5.41, 5.74) is 0.474. The second kappa shape index (κ2) is 5.67. The number of rotatable bonds is 4. The molecule has 2 aliphatic carbocycles. The fraction of sp³-hybridized carbons (Fsp3) is 0.938. The summed E-state index contributed by atoms with van der Waals surface area (Å²) >= 11 is 1.96. The second-order valence-electron chi connectivity index (χ2n) is 6.93. The maximum atomic E-state index is 4.82. The van der Waals surface area contributed by atoms with Gasteiger partial charge in [0, 0.05) is 18.8 Å². The summed E-state index contributed by atoms with van der Waals surface area (Å²) < 4.78 is 0. The monoisotopic (exact) mass is 280 g/mol. The molecule has 0 radical (unpaired) electrons. The van der Waals surface area contributed by atoms with Crippen LogP contribution in [-0.4, -0.2) is 24.0 Å². The molecule has 3 atom stereocenters. The zero-order valence-corrected chi connectivity index (χ0v) is 13.3. The molecule has 0 spiro atoms. The SMILES string of the molecule is CCC1(CC)CN=C(NCC2CC3CCC2C3)SC1. The first-order chi connectivity index (χ1) is 9.24. The van der Waals surface area contributed by atoms with E-state index in [4.69, 9.17) is 4.99 Å². The maximum Gasteiger partial charge on any atom is 0.156 e. The van der Waals surface area contributed by atoms with E-state index in [1.807, 2.05) is 11.8 Å². The van der Waals surface area contributed by atoms with Gasteiger partial charge in [-0.2, -0.15) is 0 Å². The minimum Gasteiger partial charge on any atom is -0.365 e. The highest BCUT2D eigenvalue weighted by atomic mass is 32.2. The second-order valence-corrected chi connectivity index (χ2v) is 7.90. The first kappa shape index (κ1) is 13.8. The molecule has 2 fully saturated rings. The van der Waals surface area contributed by atoms with Crippen LogP contribution in [0.5, 0.6) is 0 Å². The molecule has 3 unspecified atom stereocenters. The molecule has 2 bridgehead atoms. The molecule has 0 aromatic carbocycles.